The fourth-order valence-corrected chi connectivity index (χ4v) is 3.98. The van der Waals surface area contributed by atoms with Crippen LogP contribution in [0, 0.1) is 26.7 Å². The lowest BCUT2D eigenvalue weighted by Gasteiger charge is -2.33. The molecule has 1 fully saturated rings. The summed E-state index contributed by atoms with van der Waals surface area (Å²) in [5, 5.41) is 1.04. The highest BCUT2D eigenvalue weighted by Gasteiger charge is 2.26. The highest BCUT2D eigenvalue weighted by atomic mass is 16.5. The number of benzene rings is 1. The molecule has 2 heterocycles. The molecule has 0 atom stereocenters. The standard InChI is InChI=1S/C22H32N2O3/c1-15-6-7-19-17(3)21(27-20(19)16(15)2)22(25)23(4)14-18-8-10-24(11-9-18)12-13-26-5/h6-7,18H,8-14H2,1-5H3. The first-order chi connectivity index (χ1) is 12.9. The summed E-state index contributed by atoms with van der Waals surface area (Å²) < 4.78 is 11.2. The highest BCUT2D eigenvalue weighted by molar-refractivity contribution is 5.99. The van der Waals surface area contributed by atoms with Crippen LogP contribution < -0.4 is 0 Å². The van der Waals surface area contributed by atoms with Gasteiger partial charge in [0.1, 0.15) is 5.58 Å². The van der Waals surface area contributed by atoms with Gasteiger partial charge in [-0.3, -0.25) is 4.79 Å². The molecule has 1 aromatic heterocycles. The average molecular weight is 373 g/mol. The third kappa shape index (κ3) is 4.19. The maximum absolute atomic E-state index is 13.0. The second kappa shape index (κ2) is 8.44. The van der Waals surface area contributed by atoms with Crippen molar-refractivity contribution < 1.29 is 13.9 Å². The van der Waals surface area contributed by atoms with Gasteiger partial charge in [0.25, 0.3) is 5.91 Å². The molecule has 1 aliphatic heterocycles. The van der Waals surface area contributed by atoms with Crippen molar-refractivity contribution in [3.05, 3.63) is 34.6 Å². The van der Waals surface area contributed by atoms with E-state index in [9.17, 15) is 4.79 Å². The fourth-order valence-electron chi connectivity index (χ4n) is 3.98. The lowest BCUT2D eigenvalue weighted by atomic mass is 9.96. The zero-order valence-corrected chi connectivity index (χ0v) is 17.3. The van der Waals surface area contributed by atoms with Crippen molar-refractivity contribution in [1.82, 2.24) is 9.80 Å². The van der Waals surface area contributed by atoms with Gasteiger partial charge >= 0.3 is 0 Å². The molecule has 0 aliphatic carbocycles. The molecule has 0 spiro atoms. The van der Waals surface area contributed by atoms with Gasteiger partial charge < -0.3 is 19.0 Å². The molecule has 1 saturated heterocycles. The first-order valence-corrected chi connectivity index (χ1v) is 9.88. The summed E-state index contributed by atoms with van der Waals surface area (Å²) in [5.41, 5.74) is 4.08. The fraction of sp³-hybridized carbons (Fsp3) is 0.591. The molecule has 0 radical (unpaired) electrons. The van der Waals surface area contributed by atoms with Crippen LogP contribution >= 0.6 is 0 Å². The zero-order valence-electron chi connectivity index (χ0n) is 17.3. The van der Waals surface area contributed by atoms with E-state index in [0.29, 0.717) is 11.7 Å². The van der Waals surface area contributed by atoms with E-state index < -0.39 is 0 Å². The minimum absolute atomic E-state index is 0.0115. The van der Waals surface area contributed by atoms with Crippen molar-refractivity contribution in [1.29, 1.82) is 0 Å². The van der Waals surface area contributed by atoms with E-state index in [1.54, 1.807) is 7.11 Å². The number of carbonyl (C=O) groups is 1. The van der Waals surface area contributed by atoms with Gasteiger partial charge in [-0.15, -0.1) is 0 Å². The largest absolute Gasteiger partial charge is 0.450 e. The first-order valence-electron chi connectivity index (χ1n) is 9.88. The van der Waals surface area contributed by atoms with E-state index in [4.69, 9.17) is 9.15 Å². The Morgan fingerprint density at radius 3 is 2.59 bits per heavy atom. The first kappa shape index (κ1) is 19.9. The Morgan fingerprint density at radius 1 is 1.22 bits per heavy atom. The number of aryl methyl sites for hydroxylation is 3. The number of amides is 1. The summed E-state index contributed by atoms with van der Waals surface area (Å²) in [6.07, 6.45) is 2.25. The van der Waals surface area contributed by atoms with E-state index in [1.807, 2.05) is 18.9 Å². The van der Waals surface area contributed by atoms with Gasteiger partial charge in [-0.25, -0.2) is 0 Å². The van der Waals surface area contributed by atoms with Crippen molar-refractivity contribution in [2.75, 3.05) is 46.9 Å². The van der Waals surface area contributed by atoms with Crippen molar-refractivity contribution in [2.45, 2.75) is 33.6 Å². The molecule has 3 rings (SSSR count). The van der Waals surface area contributed by atoms with E-state index in [2.05, 4.69) is 30.9 Å². The number of piperidine rings is 1. The summed E-state index contributed by atoms with van der Waals surface area (Å²) in [5.74, 6) is 1.02. The third-order valence-corrected chi connectivity index (χ3v) is 6.02. The number of fused-ring (bicyclic) bond motifs is 1. The van der Waals surface area contributed by atoms with Crippen LogP contribution in [-0.4, -0.2) is 62.7 Å². The van der Waals surface area contributed by atoms with Crippen LogP contribution in [-0.2, 0) is 4.74 Å². The van der Waals surface area contributed by atoms with Crippen LogP contribution in [0.5, 0.6) is 0 Å². The molecule has 0 N–H and O–H groups in total. The Kier molecular flexibility index (Phi) is 6.22. The van der Waals surface area contributed by atoms with Crippen LogP contribution in [0.2, 0.25) is 0 Å². The lowest BCUT2D eigenvalue weighted by molar-refractivity contribution is 0.0696. The van der Waals surface area contributed by atoms with E-state index in [1.165, 1.54) is 5.56 Å². The number of hydrogen-bond donors (Lipinski definition) is 0. The average Bonchev–Trinajstić information content (AvgIpc) is 3.00. The van der Waals surface area contributed by atoms with Gasteiger partial charge in [0.15, 0.2) is 5.76 Å². The number of likely N-dealkylation sites (tertiary alicyclic amines) is 1. The van der Waals surface area contributed by atoms with Crippen molar-refractivity contribution in [3.8, 4) is 0 Å². The molecule has 27 heavy (non-hydrogen) atoms. The predicted molar refractivity (Wildman–Crippen MR) is 108 cm³/mol. The molecule has 148 valence electrons. The molecular weight excluding hydrogens is 340 g/mol. The van der Waals surface area contributed by atoms with Crippen molar-refractivity contribution in [3.63, 3.8) is 0 Å². The second-order valence-corrected chi connectivity index (χ2v) is 7.90. The summed E-state index contributed by atoms with van der Waals surface area (Å²) in [6.45, 7) is 10.8. The lowest BCUT2D eigenvalue weighted by Crippen LogP contribution is -2.40. The second-order valence-electron chi connectivity index (χ2n) is 7.90. The smallest absolute Gasteiger partial charge is 0.289 e. The topological polar surface area (TPSA) is 45.9 Å². The van der Waals surface area contributed by atoms with Crippen molar-refractivity contribution >= 4 is 16.9 Å². The highest BCUT2D eigenvalue weighted by Crippen LogP contribution is 2.30. The molecule has 1 aliphatic rings. The van der Waals surface area contributed by atoms with Crippen molar-refractivity contribution in [2.24, 2.45) is 5.92 Å². The maximum Gasteiger partial charge on any atom is 0.289 e. The van der Waals surface area contributed by atoms with Crippen LogP contribution in [0.1, 0.15) is 40.1 Å². The van der Waals surface area contributed by atoms with Gasteiger partial charge in [-0.2, -0.15) is 0 Å². The number of rotatable bonds is 6. The number of ether oxygens (including phenoxy) is 1. The maximum atomic E-state index is 13.0. The molecule has 5 nitrogen and oxygen atoms in total. The van der Waals surface area contributed by atoms with Crippen LogP contribution in [0.25, 0.3) is 11.0 Å². The molecule has 0 bridgehead atoms. The number of carbonyl (C=O) groups excluding carboxylic acids is 1. The van der Waals surface area contributed by atoms with Crippen LogP contribution in [0.3, 0.4) is 0 Å². The molecule has 0 saturated carbocycles. The van der Waals surface area contributed by atoms with Gasteiger partial charge in [0.2, 0.25) is 0 Å². The molecule has 5 heteroatoms. The number of hydrogen-bond acceptors (Lipinski definition) is 4. The molecule has 1 amide bonds. The Morgan fingerprint density at radius 2 is 1.93 bits per heavy atom. The minimum atomic E-state index is -0.0115. The number of nitrogens with zero attached hydrogens (tertiary/aromatic N) is 2. The Labute approximate surface area is 162 Å². The quantitative estimate of drug-likeness (QED) is 0.774. The van der Waals surface area contributed by atoms with E-state index in [-0.39, 0.29) is 5.91 Å². The molecule has 1 aromatic carbocycles. The van der Waals surface area contributed by atoms with E-state index in [0.717, 1.165) is 67.7 Å². The zero-order chi connectivity index (χ0) is 19.6. The Bertz CT molecular complexity index is 803. The number of methoxy groups -OCH3 is 1. The summed E-state index contributed by atoms with van der Waals surface area (Å²) in [6, 6.07) is 4.15. The molecular formula is C22H32N2O3. The summed E-state index contributed by atoms with van der Waals surface area (Å²) in [7, 11) is 3.64. The van der Waals surface area contributed by atoms with Crippen LogP contribution in [0.15, 0.2) is 16.5 Å². The predicted octanol–water partition coefficient (Wildman–Crippen LogP) is 3.79. The van der Waals surface area contributed by atoms with Gasteiger partial charge in [0, 0.05) is 38.2 Å². The van der Waals surface area contributed by atoms with Gasteiger partial charge in [0.05, 0.1) is 6.61 Å². The molecule has 0 unspecified atom stereocenters. The number of furan rings is 1. The Balaban J connectivity index is 1.65. The van der Waals surface area contributed by atoms with Gasteiger partial charge in [-0.05, 0) is 63.7 Å². The summed E-state index contributed by atoms with van der Waals surface area (Å²) >= 11 is 0. The SMILES string of the molecule is COCCN1CCC(CN(C)C(=O)c2oc3c(C)c(C)ccc3c2C)CC1. The van der Waals surface area contributed by atoms with E-state index >= 15 is 0 Å². The monoisotopic (exact) mass is 372 g/mol. The normalized spacial score (nSPS) is 16.2. The Hall–Kier alpha value is -1.85. The third-order valence-electron chi connectivity index (χ3n) is 6.02. The minimum Gasteiger partial charge on any atom is -0.450 e. The molecule has 2 aromatic rings. The van der Waals surface area contributed by atoms with Crippen LogP contribution in [0.4, 0.5) is 0 Å². The summed E-state index contributed by atoms with van der Waals surface area (Å²) in [4.78, 5) is 17.3. The van der Waals surface area contributed by atoms with Gasteiger partial charge in [-0.1, -0.05) is 12.1 Å².